The Bertz CT molecular complexity index is 765. The van der Waals surface area contributed by atoms with Crippen molar-refractivity contribution in [1.29, 1.82) is 0 Å². The number of carbonyl (C=O) groups is 1. The zero-order chi connectivity index (χ0) is 13.2. The van der Waals surface area contributed by atoms with E-state index < -0.39 is 0 Å². The molecule has 0 spiro atoms. The maximum atomic E-state index is 10.9. The van der Waals surface area contributed by atoms with Gasteiger partial charge in [0.25, 0.3) is 0 Å². The number of para-hydroxylation sites is 1. The molecule has 0 unspecified atom stereocenters. The number of carbonyl (C=O) groups excluding carboxylic acids is 1. The van der Waals surface area contributed by atoms with E-state index >= 15 is 0 Å². The molecular weight excluding hydrogens is 238 g/mol. The van der Waals surface area contributed by atoms with Gasteiger partial charge in [0.1, 0.15) is 6.61 Å². The van der Waals surface area contributed by atoms with Crippen LogP contribution in [-0.4, -0.2) is 11.0 Å². The third-order valence-corrected chi connectivity index (χ3v) is 3.08. The van der Waals surface area contributed by atoms with E-state index in [1.165, 1.54) is 6.92 Å². The van der Waals surface area contributed by atoms with Gasteiger partial charge in [-0.3, -0.25) is 4.79 Å². The van der Waals surface area contributed by atoms with Gasteiger partial charge in [-0.15, -0.1) is 0 Å². The number of nitrogens with zero attached hydrogens (tertiary/aromatic N) is 1. The summed E-state index contributed by atoms with van der Waals surface area (Å²) in [6.45, 7) is 1.70. The molecule has 94 valence electrons. The third kappa shape index (κ3) is 2.27. The number of fused-ring (bicyclic) bond motifs is 2. The summed E-state index contributed by atoms with van der Waals surface area (Å²) in [5, 5.41) is 2.12. The van der Waals surface area contributed by atoms with Gasteiger partial charge in [-0.25, -0.2) is 4.98 Å². The highest BCUT2D eigenvalue weighted by Crippen LogP contribution is 2.23. The van der Waals surface area contributed by atoms with E-state index in [9.17, 15) is 4.79 Å². The molecule has 2 aromatic carbocycles. The van der Waals surface area contributed by atoms with Crippen molar-refractivity contribution in [1.82, 2.24) is 4.98 Å². The van der Waals surface area contributed by atoms with Crippen molar-refractivity contribution in [2.75, 3.05) is 0 Å². The Hall–Kier alpha value is -2.42. The van der Waals surface area contributed by atoms with Gasteiger partial charge in [-0.05, 0) is 23.8 Å². The van der Waals surface area contributed by atoms with Gasteiger partial charge in [0, 0.05) is 17.7 Å². The van der Waals surface area contributed by atoms with E-state index in [2.05, 4.69) is 11.1 Å². The van der Waals surface area contributed by atoms with Crippen molar-refractivity contribution in [3.8, 4) is 0 Å². The average molecular weight is 251 g/mol. The molecule has 1 aromatic heterocycles. The fraction of sp³-hybridized carbons (Fsp3) is 0.125. The highest BCUT2D eigenvalue weighted by atomic mass is 16.5. The van der Waals surface area contributed by atoms with Crippen LogP contribution in [0.15, 0.2) is 48.5 Å². The predicted molar refractivity (Wildman–Crippen MR) is 74.7 cm³/mol. The van der Waals surface area contributed by atoms with Crippen molar-refractivity contribution < 1.29 is 9.53 Å². The predicted octanol–water partition coefficient (Wildman–Crippen LogP) is 3.45. The van der Waals surface area contributed by atoms with E-state index in [1.807, 2.05) is 42.5 Å². The summed E-state index contributed by atoms with van der Waals surface area (Å²) < 4.78 is 5.08. The van der Waals surface area contributed by atoms with E-state index in [4.69, 9.17) is 4.74 Å². The molecule has 0 radical (unpaired) electrons. The number of pyridine rings is 1. The minimum absolute atomic E-state index is 0.272. The largest absolute Gasteiger partial charge is 0.461 e. The topological polar surface area (TPSA) is 39.2 Å². The number of hydrogen-bond donors (Lipinski definition) is 0. The molecule has 0 aliphatic rings. The molecule has 0 aliphatic carbocycles. The lowest BCUT2D eigenvalue weighted by Gasteiger charge is -2.07. The standard InChI is InChI=1S/C16H13NO2/c1-11(18)19-10-13-6-4-8-16-14(13)9-12-5-2-3-7-15(12)17-16/h2-9H,10H2,1H3. The Morgan fingerprint density at radius 1 is 1.11 bits per heavy atom. The first-order valence-corrected chi connectivity index (χ1v) is 6.15. The molecule has 0 saturated carbocycles. The van der Waals surface area contributed by atoms with Gasteiger partial charge >= 0.3 is 5.97 Å². The molecule has 0 fully saturated rings. The highest BCUT2D eigenvalue weighted by Gasteiger charge is 2.05. The summed E-state index contributed by atoms with van der Waals surface area (Å²) in [6.07, 6.45) is 0. The van der Waals surface area contributed by atoms with Gasteiger partial charge in [0.2, 0.25) is 0 Å². The van der Waals surface area contributed by atoms with Crippen LogP contribution in [0.2, 0.25) is 0 Å². The summed E-state index contributed by atoms with van der Waals surface area (Å²) in [4.78, 5) is 15.6. The monoisotopic (exact) mass is 251 g/mol. The molecule has 0 aliphatic heterocycles. The molecule has 0 amide bonds. The first kappa shape index (κ1) is 11.7. The maximum absolute atomic E-state index is 10.9. The van der Waals surface area contributed by atoms with Gasteiger partial charge in [-0.1, -0.05) is 30.3 Å². The Morgan fingerprint density at radius 3 is 2.74 bits per heavy atom. The van der Waals surface area contributed by atoms with Crippen LogP contribution in [0.25, 0.3) is 21.8 Å². The van der Waals surface area contributed by atoms with E-state index in [0.717, 1.165) is 27.4 Å². The smallest absolute Gasteiger partial charge is 0.302 e. The SMILES string of the molecule is CC(=O)OCc1cccc2nc3ccccc3cc12. The third-order valence-electron chi connectivity index (χ3n) is 3.08. The van der Waals surface area contributed by atoms with Crippen LogP contribution in [0, 0.1) is 0 Å². The second kappa shape index (κ2) is 4.69. The second-order valence-electron chi connectivity index (χ2n) is 4.45. The van der Waals surface area contributed by atoms with Gasteiger partial charge in [0.05, 0.1) is 11.0 Å². The Balaban J connectivity index is 2.17. The van der Waals surface area contributed by atoms with Crippen LogP contribution in [-0.2, 0) is 16.1 Å². The zero-order valence-electron chi connectivity index (χ0n) is 10.6. The molecule has 3 nitrogen and oxygen atoms in total. The van der Waals surface area contributed by atoms with Crippen molar-refractivity contribution in [3.05, 3.63) is 54.1 Å². The van der Waals surface area contributed by atoms with Crippen LogP contribution < -0.4 is 0 Å². The van der Waals surface area contributed by atoms with E-state index in [-0.39, 0.29) is 12.6 Å². The van der Waals surface area contributed by atoms with Crippen LogP contribution in [0.4, 0.5) is 0 Å². The quantitative estimate of drug-likeness (QED) is 0.517. The lowest BCUT2D eigenvalue weighted by Crippen LogP contribution is -1.99. The number of esters is 1. The first-order chi connectivity index (χ1) is 9.24. The molecule has 0 saturated heterocycles. The minimum Gasteiger partial charge on any atom is -0.461 e. The van der Waals surface area contributed by atoms with Gasteiger partial charge < -0.3 is 4.74 Å². The number of rotatable bonds is 2. The highest BCUT2D eigenvalue weighted by molar-refractivity contribution is 5.94. The Morgan fingerprint density at radius 2 is 1.89 bits per heavy atom. The number of ether oxygens (including phenoxy) is 1. The van der Waals surface area contributed by atoms with Crippen molar-refractivity contribution >= 4 is 27.8 Å². The molecule has 1 heterocycles. The summed E-state index contributed by atoms with van der Waals surface area (Å²) in [7, 11) is 0. The Labute approximate surface area is 110 Å². The fourth-order valence-electron chi connectivity index (χ4n) is 2.17. The molecule has 3 rings (SSSR count). The number of aromatic nitrogens is 1. The molecule has 0 N–H and O–H groups in total. The van der Waals surface area contributed by atoms with Crippen LogP contribution in [0.3, 0.4) is 0 Å². The molecular formula is C16H13NO2. The molecule has 0 bridgehead atoms. The zero-order valence-corrected chi connectivity index (χ0v) is 10.6. The molecule has 3 aromatic rings. The van der Waals surface area contributed by atoms with Crippen LogP contribution in [0.1, 0.15) is 12.5 Å². The van der Waals surface area contributed by atoms with Crippen molar-refractivity contribution in [2.24, 2.45) is 0 Å². The summed E-state index contributed by atoms with van der Waals surface area (Å²) in [5.41, 5.74) is 2.87. The Kier molecular flexibility index (Phi) is 2.88. The normalized spacial score (nSPS) is 10.8. The van der Waals surface area contributed by atoms with Gasteiger partial charge in [0.15, 0.2) is 0 Å². The summed E-state index contributed by atoms with van der Waals surface area (Å²) in [5.74, 6) is -0.272. The fourth-order valence-corrected chi connectivity index (χ4v) is 2.17. The summed E-state index contributed by atoms with van der Waals surface area (Å²) in [6, 6.07) is 16.0. The maximum Gasteiger partial charge on any atom is 0.302 e. The van der Waals surface area contributed by atoms with Gasteiger partial charge in [-0.2, -0.15) is 0 Å². The molecule has 3 heteroatoms. The molecule has 19 heavy (non-hydrogen) atoms. The number of hydrogen-bond acceptors (Lipinski definition) is 3. The second-order valence-corrected chi connectivity index (χ2v) is 4.45. The van der Waals surface area contributed by atoms with Crippen molar-refractivity contribution in [3.63, 3.8) is 0 Å². The average Bonchev–Trinajstić information content (AvgIpc) is 2.42. The van der Waals surface area contributed by atoms with Crippen molar-refractivity contribution in [2.45, 2.75) is 13.5 Å². The van der Waals surface area contributed by atoms with Crippen LogP contribution in [0.5, 0.6) is 0 Å². The molecule has 0 atom stereocenters. The van der Waals surface area contributed by atoms with E-state index in [1.54, 1.807) is 0 Å². The minimum atomic E-state index is -0.272. The summed E-state index contributed by atoms with van der Waals surface area (Å²) >= 11 is 0. The lowest BCUT2D eigenvalue weighted by molar-refractivity contribution is -0.142. The lowest BCUT2D eigenvalue weighted by atomic mass is 10.1. The first-order valence-electron chi connectivity index (χ1n) is 6.15. The van der Waals surface area contributed by atoms with E-state index in [0.29, 0.717) is 0 Å². The number of benzene rings is 2. The van der Waals surface area contributed by atoms with Crippen LogP contribution >= 0.6 is 0 Å².